The second kappa shape index (κ2) is 5.91. The summed E-state index contributed by atoms with van der Waals surface area (Å²) in [6, 6.07) is 16.0. The first-order valence-corrected chi connectivity index (χ1v) is 8.42. The van der Waals surface area contributed by atoms with Crippen LogP contribution < -0.4 is 0 Å². The Morgan fingerprint density at radius 3 is 2.46 bits per heavy atom. The Hall–Kier alpha value is -2.39. The number of ketones is 1. The van der Waals surface area contributed by atoms with Crippen molar-refractivity contribution in [1.82, 2.24) is 9.78 Å². The van der Waals surface area contributed by atoms with Crippen LogP contribution in [0.1, 0.15) is 39.5 Å². The molecule has 3 aromatic rings. The van der Waals surface area contributed by atoms with Crippen LogP contribution in [0.15, 0.2) is 54.7 Å². The van der Waals surface area contributed by atoms with Gasteiger partial charge in [0.1, 0.15) is 0 Å². The van der Waals surface area contributed by atoms with E-state index >= 15 is 0 Å². The zero-order chi connectivity index (χ0) is 16.7. The average molecular weight is 337 g/mol. The highest BCUT2D eigenvalue weighted by Crippen LogP contribution is 2.33. The number of carbonyl (C=O) groups excluding carboxylic acids is 1. The van der Waals surface area contributed by atoms with E-state index in [2.05, 4.69) is 36.3 Å². The van der Waals surface area contributed by atoms with E-state index in [0.29, 0.717) is 11.4 Å². The number of aryl methyl sites for hydroxylation is 1. The first kappa shape index (κ1) is 15.2. The van der Waals surface area contributed by atoms with Gasteiger partial charge in [0.05, 0.1) is 23.1 Å². The van der Waals surface area contributed by atoms with Crippen LogP contribution in [-0.4, -0.2) is 15.6 Å². The van der Waals surface area contributed by atoms with Gasteiger partial charge in [-0.25, -0.2) is 4.68 Å². The fraction of sp³-hybridized carbons (Fsp3) is 0.200. The summed E-state index contributed by atoms with van der Waals surface area (Å²) in [5.74, 6) is 0.371. The van der Waals surface area contributed by atoms with Crippen molar-refractivity contribution in [2.24, 2.45) is 0 Å². The van der Waals surface area contributed by atoms with Crippen LogP contribution in [-0.2, 0) is 6.42 Å². The largest absolute Gasteiger partial charge is 0.294 e. The summed E-state index contributed by atoms with van der Waals surface area (Å²) in [5.41, 5.74) is 5.10. The number of hydrogen-bond donors (Lipinski definition) is 0. The Morgan fingerprint density at radius 2 is 1.75 bits per heavy atom. The first-order valence-electron chi connectivity index (χ1n) is 8.04. The molecule has 1 aliphatic carbocycles. The van der Waals surface area contributed by atoms with Crippen LogP contribution in [0.25, 0.3) is 5.69 Å². The number of carbonyl (C=O) groups is 1. The molecule has 1 aliphatic rings. The van der Waals surface area contributed by atoms with E-state index in [-0.39, 0.29) is 11.7 Å². The van der Waals surface area contributed by atoms with Gasteiger partial charge >= 0.3 is 0 Å². The highest BCUT2D eigenvalue weighted by molar-refractivity contribution is 6.30. The highest BCUT2D eigenvalue weighted by Gasteiger charge is 2.29. The fourth-order valence-corrected chi connectivity index (χ4v) is 3.45. The Labute approximate surface area is 145 Å². The molecular weight excluding hydrogens is 320 g/mol. The van der Waals surface area contributed by atoms with Gasteiger partial charge in [-0.05, 0) is 49.1 Å². The molecule has 0 fully saturated rings. The summed E-state index contributed by atoms with van der Waals surface area (Å²) in [7, 11) is 0. The first-order chi connectivity index (χ1) is 11.6. The lowest BCUT2D eigenvalue weighted by atomic mass is 9.82. The number of rotatable bonds is 2. The topological polar surface area (TPSA) is 34.9 Å². The molecule has 4 rings (SSSR count). The Morgan fingerprint density at radius 1 is 1.04 bits per heavy atom. The zero-order valence-corrected chi connectivity index (χ0v) is 14.1. The molecule has 0 saturated carbocycles. The van der Waals surface area contributed by atoms with Crippen LogP contribution in [0.4, 0.5) is 0 Å². The maximum Gasteiger partial charge on any atom is 0.166 e. The molecule has 24 heavy (non-hydrogen) atoms. The van der Waals surface area contributed by atoms with Crippen LogP contribution in [0.2, 0.25) is 5.02 Å². The number of fused-ring (bicyclic) bond motifs is 1. The van der Waals surface area contributed by atoms with Gasteiger partial charge in [0.2, 0.25) is 0 Å². The molecule has 1 atom stereocenters. The lowest BCUT2D eigenvalue weighted by molar-refractivity contribution is 0.0964. The Balaban J connectivity index is 1.73. The summed E-state index contributed by atoms with van der Waals surface area (Å²) in [6.07, 6.45) is 3.05. The van der Waals surface area contributed by atoms with Crippen molar-refractivity contribution in [1.29, 1.82) is 0 Å². The molecule has 1 heterocycles. The number of benzene rings is 2. The second-order valence-corrected chi connectivity index (χ2v) is 6.77. The third kappa shape index (κ3) is 2.65. The number of Topliss-reactive ketones (excluding diaryl/α,β-unsaturated/α-hetero) is 1. The van der Waals surface area contributed by atoms with Crippen LogP contribution in [0.3, 0.4) is 0 Å². The van der Waals surface area contributed by atoms with Crippen LogP contribution in [0.5, 0.6) is 0 Å². The molecule has 0 N–H and O–H groups in total. The van der Waals surface area contributed by atoms with Gasteiger partial charge in [0.15, 0.2) is 5.78 Å². The molecule has 1 aromatic heterocycles. The minimum Gasteiger partial charge on any atom is -0.294 e. The maximum atomic E-state index is 12.6. The highest BCUT2D eigenvalue weighted by atomic mass is 35.5. The third-order valence-electron chi connectivity index (χ3n) is 4.66. The minimum absolute atomic E-state index is 0.169. The maximum absolute atomic E-state index is 12.6. The van der Waals surface area contributed by atoms with E-state index in [1.54, 1.807) is 6.20 Å². The predicted octanol–water partition coefficient (Wildman–Crippen LogP) is 4.75. The summed E-state index contributed by atoms with van der Waals surface area (Å²) in [6.45, 7) is 2.07. The SMILES string of the molecule is Cc1ccc(C2CC(=O)c3cnn(-c4ccc(Cl)cc4)c3C2)cc1. The molecule has 0 spiro atoms. The van der Waals surface area contributed by atoms with E-state index in [0.717, 1.165) is 23.4 Å². The molecule has 0 amide bonds. The molecule has 120 valence electrons. The smallest absolute Gasteiger partial charge is 0.166 e. The summed E-state index contributed by atoms with van der Waals surface area (Å²) < 4.78 is 1.86. The molecular formula is C20H17ClN2O. The quantitative estimate of drug-likeness (QED) is 0.677. The number of hydrogen-bond acceptors (Lipinski definition) is 2. The lowest BCUT2D eigenvalue weighted by Gasteiger charge is -2.23. The van der Waals surface area contributed by atoms with E-state index in [1.165, 1.54) is 11.1 Å². The fourth-order valence-electron chi connectivity index (χ4n) is 3.32. The van der Waals surface area contributed by atoms with E-state index < -0.39 is 0 Å². The Kier molecular flexibility index (Phi) is 3.73. The van der Waals surface area contributed by atoms with Gasteiger partial charge in [0.25, 0.3) is 0 Å². The summed E-state index contributed by atoms with van der Waals surface area (Å²) in [4.78, 5) is 12.6. The average Bonchev–Trinajstić information content (AvgIpc) is 3.01. The van der Waals surface area contributed by atoms with Crippen molar-refractivity contribution < 1.29 is 4.79 Å². The normalized spacial score (nSPS) is 16.9. The lowest BCUT2D eigenvalue weighted by Crippen LogP contribution is -2.20. The predicted molar refractivity (Wildman–Crippen MR) is 95.1 cm³/mol. The standard InChI is InChI=1S/C20H17ClN2O/c1-13-2-4-14(5-3-13)15-10-19-18(20(24)11-15)12-22-23(19)17-8-6-16(21)7-9-17/h2-9,12,15H,10-11H2,1H3. The molecule has 1 unspecified atom stereocenters. The van der Waals surface area contributed by atoms with Gasteiger partial charge in [0, 0.05) is 11.4 Å². The van der Waals surface area contributed by atoms with Crippen molar-refractivity contribution in [2.75, 3.05) is 0 Å². The molecule has 0 bridgehead atoms. The van der Waals surface area contributed by atoms with Crippen LogP contribution in [0, 0.1) is 6.92 Å². The summed E-state index contributed by atoms with van der Waals surface area (Å²) >= 11 is 5.97. The van der Waals surface area contributed by atoms with Crippen LogP contribution >= 0.6 is 11.6 Å². The van der Waals surface area contributed by atoms with Crippen molar-refractivity contribution in [3.63, 3.8) is 0 Å². The molecule has 3 nitrogen and oxygen atoms in total. The van der Waals surface area contributed by atoms with E-state index in [4.69, 9.17) is 11.6 Å². The van der Waals surface area contributed by atoms with Crippen molar-refractivity contribution in [2.45, 2.75) is 25.7 Å². The molecule has 4 heteroatoms. The van der Waals surface area contributed by atoms with Gasteiger partial charge in [-0.1, -0.05) is 41.4 Å². The van der Waals surface area contributed by atoms with E-state index in [9.17, 15) is 4.79 Å². The van der Waals surface area contributed by atoms with Gasteiger partial charge in [-0.3, -0.25) is 4.79 Å². The molecule has 0 aliphatic heterocycles. The van der Waals surface area contributed by atoms with Crippen molar-refractivity contribution in [3.05, 3.63) is 82.1 Å². The van der Waals surface area contributed by atoms with Gasteiger partial charge < -0.3 is 0 Å². The number of aromatic nitrogens is 2. The van der Waals surface area contributed by atoms with Gasteiger partial charge in [-0.2, -0.15) is 5.10 Å². The third-order valence-corrected chi connectivity index (χ3v) is 4.91. The molecule has 2 aromatic carbocycles. The van der Waals surface area contributed by atoms with E-state index in [1.807, 2.05) is 28.9 Å². The molecule has 0 saturated heterocycles. The zero-order valence-electron chi connectivity index (χ0n) is 13.4. The van der Waals surface area contributed by atoms with Crippen molar-refractivity contribution >= 4 is 17.4 Å². The van der Waals surface area contributed by atoms with Crippen molar-refractivity contribution in [3.8, 4) is 5.69 Å². The number of nitrogens with zero attached hydrogens (tertiary/aromatic N) is 2. The number of halogens is 1. The van der Waals surface area contributed by atoms with Gasteiger partial charge in [-0.15, -0.1) is 0 Å². The second-order valence-electron chi connectivity index (χ2n) is 6.33. The minimum atomic E-state index is 0.169. The summed E-state index contributed by atoms with van der Waals surface area (Å²) in [5, 5.41) is 5.13. The Bertz CT molecular complexity index is 894. The monoisotopic (exact) mass is 336 g/mol. The molecule has 0 radical (unpaired) electrons.